The average molecular weight is 366 g/mol. The number of morpholine rings is 1. The number of carbonyl (C=O) groups is 1. The van der Waals surface area contributed by atoms with Crippen LogP contribution in [0.15, 0.2) is 54.6 Å². The molecule has 0 unspecified atom stereocenters. The van der Waals surface area contributed by atoms with Crippen molar-refractivity contribution in [3.05, 3.63) is 71.3 Å². The summed E-state index contributed by atoms with van der Waals surface area (Å²) in [7, 11) is 0. The fourth-order valence-electron chi connectivity index (χ4n) is 3.06. The number of anilines is 1. The Balaban J connectivity index is 1.65. The van der Waals surface area contributed by atoms with Gasteiger partial charge in [0.25, 0.3) is 0 Å². The fourth-order valence-corrected chi connectivity index (χ4v) is 3.06. The summed E-state index contributed by atoms with van der Waals surface area (Å²) in [6.07, 6.45) is 3.27. The van der Waals surface area contributed by atoms with Gasteiger partial charge in [0.15, 0.2) is 0 Å². The van der Waals surface area contributed by atoms with Crippen LogP contribution in [0.3, 0.4) is 0 Å². The van der Waals surface area contributed by atoms with E-state index in [0.717, 1.165) is 29.9 Å². The second kappa shape index (κ2) is 9.35. The Morgan fingerprint density at radius 1 is 1.22 bits per heavy atom. The van der Waals surface area contributed by atoms with Gasteiger partial charge in [-0.2, -0.15) is 0 Å². The van der Waals surface area contributed by atoms with E-state index in [0.29, 0.717) is 13.2 Å². The van der Waals surface area contributed by atoms with Crippen LogP contribution in [-0.4, -0.2) is 43.9 Å². The zero-order chi connectivity index (χ0) is 19.1. The Bertz CT molecular complexity index is 780. The third kappa shape index (κ3) is 5.42. The summed E-state index contributed by atoms with van der Waals surface area (Å²) in [5.41, 5.74) is 4.11. The van der Waals surface area contributed by atoms with E-state index in [-0.39, 0.29) is 12.5 Å². The molecule has 2 aromatic carbocycles. The normalized spacial score (nSPS) is 15.7. The molecule has 1 aliphatic rings. The Morgan fingerprint density at radius 3 is 2.67 bits per heavy atom. The first kappa shape index (κ1) is 19.1. The number of hydrogen-bond donors (Lipinski definition) is 2. The fraction of sp³-hybridized carbons (Fsp3) is 0.318. The van der Waals surface area contributed by atoms with Crippen LogP contribution in [0.5, 0.6) is 0 Å². The molecule has 0 radical (unpaired) electrons. The predicted octanol–water partition coefficient (Wildman–Crippen LogP) is 2.69. The van der Waals surface area contributed by atoms with Gasteiger partial charge in [-0.1, -0.05) is 42.0 Å². The molecule has 1 aliphatic heterocycles. The molecule has 3 rings (SSSR count). The number of aryl methyl sites for hydroxylation is 1. The zero-order valence-electron chi connectivity index (χ0n) is 15.6. The minimum atomic E-state index is -0.443. The van der Waals surface area contributed by atoms with Gasteiger partial charge in [0, 0.05) is 24.9 Å². The molecule has 0 bridgehead atoms. The third-order valence-electron chi connectivity index (χ3n) is 4.65. The van der Waals surface area contributed by atoms with Crippen molar-refractivity contribution in [2.45, 2.75) is 13.0 Å². The molecule has 142 valence electrons. The highest BCUT2D eigenvalue weighted by Crippen LogP contribution is 2.21. The van der Waals surface area contributed by atoms with Crippen LogP contribution in [0.25, 0.3) is 6.08 Å². The summed E-state index contributed by atoms with van der Waals surface area (Å²) in [5.74, 6) is -0.230. The van der Waals surface area contributed by atoms with E-state index in [1.54, 1.807) is 6.08 Å². The van der Waals surface area contributed by atoms with Gasteiger partial charge in [-0.25, -0.2) is 0 Å². The van der Waals surface area contributed by atoms with Gasteiger partial charge in [-0.3, -0.25) is 4.79 Å². The smallest absolute Gasteiger partial charge is 0.244 e. The summed E-state index contributed by atoms with van der Waals surface area (Å²) in [6.45, 7) is 4.99. The highest BCUT2D eigenvalue weighted by Gasteiger charge is 2.16. The second-order valence-corrected chi connectivity index (χ2v) is 6.68. The van der Waals surface area contributed by atoms with Crippen molar-refractivity contribution < 1.29 is 14.6 Å². The number of benzene rings is 2. The maximum absolute atomic E-state index is 12.3. The van der Waals surface area contributed by atoms with Gasteiger partial charge in [0.05, 0.1) is 25.9 Å². The van der Waals surface area contributed by atoms with Crippen molar-refractivity contribution in [3.63, 3.8) is 0 Å². The van der Waals surface area contributed by atoms with E-state index in [1.165, 1.54) is 11.6 Å². The van der Waals surface area contributed by atoms with Crippen LogP contribution >= 0.6 is 0 Å². The summed E-state index contributed by atoms with van der Waals surface area (Å²) < 4.78 is 5.40. The van der Waals surface area contributed by atoms with Crippen molar-refractivity contribution in [2.75, 3.05) is 37.8 Å². The molecule has 1 saturated heterocycles. The van der Waals surface area contributed by atoms with Crippen LogP contribution in [0.4, 0.5) is 5.69 Å². The lowest BCUT2D eigenvalue weighted by Gasteiger charge is -2.29. The van der Waals surface area contributed by atoms with Gasteiger partial charge >= 0.3 is 0 Å². The number of aliphatic hydroxyl groups excluding tert-OH is 1. The first-order chi connectivity index (χ1) is 13.2. The van der Waals surface area contributed by atoms with Crippen LogP contribution in [0.1, 0.15) is 22.7 Å². The molecule has 1 atom stereocenters. The molecule has 5 nitrogen and oxygen atoms in total. The Kier molecular flexibility index (Phi) is 6.63. The van der Waals surface area contributed by atoms with Gasteiger partial charge in [-0.15, -0.1) is 0 Å². The van der Waals surface area contributed by atoms with E-state index in [1.807, 2.05) is 55.5 Å². The SMILES string of the molecule is Cc1ccc(/C=C/C(=O)N[C@H](CO)c2cccc(N3CCOCC3)c2)cc1. The monoisotopic (exact) mass is 366 g/mol. The number of rotatable bonds is 6. The van der Waals surface area contributed by atoms with E-state index < -0.39 is 6.04 Å². The zero-order valence-corrected chi connectivity index (χ0v) is 15.6. The topological polar surface area (TPSA) is 61.8 Å². The lowest BCUT2D eigenvalue weighted by Crippen LogP contribution is -2.36. The maximum Gasteiger partial charge on any atom is 0.244 e. The summed E-state index contributed by atoms with van der Waals surface area (Å²) in [5, 5.41) is 12.6. The van der Waals surface area contributed by atoms with E-state index in [2.05, 4.69) is 10.2 Å². The molecule has 1 amide bonds. The molecule has 2 N–H and O–H groups in total. The number of aliphatic hydroxyl groups is 1. The van der Waals surface area contributed by atoms with Crippen LogP contribution in [0.2, 0.25) is 0 Å². The van der Waals surface area contributed by atoms with Crippen molar-refractivity contribution in [1.82, 2.24) is 5.32 Å². The van der Waals surface area contributed by atoms with Crippen molar-refractivity contribution in [3.8, 4) is 0 Å². The highest BCUT2D eigenvalue weighted by molar-refractivity contribution is 5.92. The maximum atomic E-state index is 12.3. The Hall–Kier alpha value is -2.63. The number of nitrogens with one attached hydrogen (secondary N) is 1. The first-order valence-electron chi connectivity index (χ1n) is 9.24. The second-order valence-electron chi connectivity index (χ2n) is 6.68. The molecular formula is C22H26N2O3. The van der Waals surface area contributed by atoms with E-state index >= 15 is 0 Å². The van der Waals surface area contributed by atoms with Gasteiger partial charge in [0.2, 0.25) is 5.91 Å². The van der Waals surface area contributed by atoms with Gasteiger partial charge < -0.3 is 20.1 Å². The van der Waals surface area contributed by atoms with Crippen LogP contribution in [0, 0.1) is 6.92 Å². The number of hydrogen-bond acceptors (Lipinski definition) is 4. The van der Waals surface area contributed by atoms with E-state index in [4.69, 9.17) is 4.74 Å². The first-order valence-corrected chi connectivity index (χ1v) is 9.24. The van der Waals surface area contributed by atoms with Gasteiger partial charge in [0.1, 0.15) is 0 Å². The molecule has 1 fully saturated rings. The van der Waals surface area contributed by atoms with Crippen LogP contribution < -0.4 is 10.2 Å². The molecule has 1 heterocycles. The largest absolute Gasteiger partial charge is 0.394 e. The summed E-state index contributed by atoms with van der Waals surface area (Å²) in [4.78, 5) is 14.5. The summed E-state index contributed by atoms with van der Waals surface area (Å²) >= 11 is 0. The van der Waals surface area contributed by atoms with Crippen molar-refractivity contribution in [2.24, 2.45) is 0 Å². The minimum absolute atomic E-state index is 0.156. The number of amides is 1. The molecule has 2 aromatic rings. The number of nitrogens with zero attached hydrogens (tertiary/aromatic N) is 1. The molecule has 0 saturated carbocycles. The van der Waals surface area contributed by atoms with Crippen molar-refractivity contribution in [1.29, 1.82) is 0 Å². The standard InChI is InChI=1S/C22H26N2O3/c1-17-5-7-18(8-6-17)9-10-22(26)23-21(16-25)19-3-2-4-20(15-19)24-11-13-27-14-12-24/h2-10,15,21,25H,11-14,16H2,1H3,(H,23,26)/b10-9+/t21-/m1/s1. The lowest BCUT2D eigenvalue weighted by atomic mass is 10.1. The minimum Gasteiger partial charge on any atom is -0.394 e. The van der Waals surface area contributed by atoms with Gasteiger partial charge in [-0.05, 0) is 36.3 Å². The number of carbonyl (C=O) groups excluding carboxylic acids is 1. The Morgan fingerprint density at radius 2 is 1.96 bits per heavy atom. The third-order valence-corrected chi connectivity index (χ3v) is 4.65. The predicted molar refractivity (Wildman–Crippen MR) is 108 cm³/mol. The highest BCUT2D eigenvalue weighted by atomic mass is 16.5. The average Bonchev–Trinajstić information content (AvgIpc) is 2.72. The molecule has 5 heteroatoms. The lowest BCUT2D eigenvalue weighted by molar-refractivity contribution is -0.117. The summed E-state index contributed by atoms with van der Waals surface area (Å²) in [6, 6.07) is 15.4. The van der Waals surface area contributed by atoms with E-state index in [9.17, 15) is 9.90 Å². The quantitative estimate of drug-likeness (QED) is 0.772. The Labute approximate surface area is 160 Å². The molecule has 0 aliphatic carbocycles. The number of ether oxygens (including phenoxy) is 1. The molecule has 27 heavy (non-hydrogen) atoms. The molecule has 0 spiro atoms. The molecular weight excluding hydrogens is 340 g/mol. The van der Waals surface area contributed by atoms with Crippen molar-refractivity contribution >= 4 is 17.7 Å². The van der Waals surface area contributed by atoms with Crippen LogP contribution in [-0.2, 0) is 9.53 Å². The molecule has 0 aromatic heterocycles.